The molecule has 0 N–H and O–H groups in total. The van der Waals surface area contributed by atoms with E-state index in [1.807, 2.05) is 6.20 Å². The Morgan fingerprint density at radius 3 is 3.00 bits per heavy atom. The summed E-state index contributed by atoms with van der Waals surface area (Å²) in [5, 5.41) is 0.767. The van der Waals surface area contributed by atoms with E-state index in [0.29, 0.717) is 0 Å². The fourth-order valence-electron chi connectivity index (χ4n) is 0.746. The molecular weight excluding hydrogens is 146 g/mol. The van der Waals surface area contributed by atoms with E-state index < -0.39 is 0 Å². The van der Waals surface area contributed by atoms with Gasteiger partial charge in [-0.2, -0.15) is 0 Å². The zero-order valence-corrected chi connectivity index (χ0v) is 7.07. The summed E-state index contributed by atoms with van der Waals surface area (Å²) in [6.45, 7) is 2.16. The molecule has 0 aromatic carbocycles. The molecule has 0 saturated heterocycles. The zero-order valence-electron chi connectivity index (χ0n) is 6.26. The fourth-order valence-corrected chi connectivity index (χ4v) is 1.57. The number of aromatic nitrogens is 1. The molecule has 0 amide bonds. The van der Waals surface area contributed by atoms with Gasteiger partial charge in [0.15, 0.2) is 0 Å². The van der Waals surface area contributed by atoms with Crippen LogP contribution in [0.15, 0.2) is 6.20 Å². The lowest BCUT2D eigenvalue weighted by Gasteiger charge is -1.88. The van der Waals surface area contributed by atoms with Crippen molar-refractivity contribution < 1.29 is 4.74 Å². The Kier molecular flexibility index (Phi) is 2.68. The first-order chi connectivity index (χ1) is 4.86. The van der Waals surface area contributed by atoms with Gasteiger partial charge >= 0.3 is 0 Å². The van der Waals surface area contributed by atoms with Crippen LogP contribution in [-0.2, 0) is 6.42 Å². The standard InChI is InChI=1S/C7H11NOS/c1-3-4-6-5-8-7(9-2)10-6/h5H,3-4H2,1-2H3. The number of aryl methyl sites for hydroxylation is 1. The van der Waals surface area contributed by atoms with Crippen LogP contribution in [0.2, 0.25) is 0 Å². The van der Waals surface area contributed by atoms with E-state index in [4.69, 9.17) is 4.74 Å². The van der Waals surface area contributed by atoms with Crippen LogP contribution in [0.3, 0.4) is 0 Å². The second kappa shape index (κ2) is 3.56. The molecule has 56 valence electrons. The number of methoxy groups -OCH3 is 1. The lowest BCUT2D eigenvalue weighted by atomic mass is 10.3. The molecule has 10 heavy (non-hydrogen) atoms. The number of nitrogens with zero attached hydrogens (tertiary/aromatic N) is 1. The Morgan fingerprint density at radius 2 is 2.50 bits per heavy atom. The molecule has 0 unspecified atom stereocenters. The molecule has 3 heteroatoms. The van der Waals surface area contributed by atoms with Crippen molar-refractivity contribution in [1.82, 2.24) is 4.98 Å². The summed E-state index contributed by atoms with van der Waals surface area (Å²) in [5.41, 5.74) is 0. The Bertz CT molecular complexity index is 197. The third-order valence-electron chi connectivity index (χ3n) is 1.20. The summed E-state index contributed by atoms with van der Waals surface area (Å²) < 4.78 is 4.95. The summed E-state index contributed by atoms with van der Waals surface area (Å²) in [6.07, 6.45) is 4.17. The van der Waals surface area contributed by atoms with Crippen molar-refractivity contribution in [2.24, 2.45) is 0 Å². The van der Waals surface area contributed by atoms with Gasteiger partial charge in [-0.05, 0) is 6.42 Å². The van der Waals surface area contributed by atoms with E-state index in [9.17, 15) is 0 Å². The molecule has 0 spiro atoms. The Hall–Kier alpha value is -0.570. The van der Waals surface area contributed by atoms with Gasteiger partial charge < -0.3 is 4.74 Å². The molecule has 0 saturated carbocycles. The van der Waals surface area contributed by atoms with Crippen molar-refractivity contribution >= 4 is 11.3 Å². The minimum absolute atomic E-state index is 0.767. The molecule has 0 aliphatic carbocycles. The molecule has 1 aromatic heterocycles. The predicted octanol–water partition coefficient (Wildman–Crippen LogP) is 2.10. The average Bonchev–Trinajstić information content (AvgIpc) is 2.37. The second-order valence-corrected chi connectivity index (χ2v) is 3.12. The van der Waals surface area contributed by atoms with Crippen molar-refractivity contribution in [3.8, 4) is 5.19 Å². The summed E-state index contributed by atoms with van der Waals surface area (Å²) in [6, 6.07) is 0. The Balaban J connectivity index is 2.59. The minimum Gasteiger partial charge on any atom is -0.473 e. The van der Waals surface area contributed by atoms with Crippen LogP contribution in [0.1, 0.15) is 18.2 Å². The molecule has 0 atom stereocenters. The number of rotatable bonds is 3. The van der Waals surface area contributed by atoms with Crippen LogP contribution in [0.25, 0.3) is 0 Å². The van der Waals surface area contributed by atoms with Crippen molar-refractivity contribution in [1.29, 1.82) is 0 Å². The Morgan fingerprint density at radius 1 is 1.70 bits per heavy atom. The van der Waals surface area contributed by atoms with Crippen molar-refractivity contribution in [3.63, 3.8) is 0 Å². The van der Waals surface area contributed by atoms with E-state index in [1.54, 1.807) is 18.4 Å². The number of ether oxygens (including phenoxy) is 1. The molecule has 2 nitrogen and oxygen atoms in total. The van der Waals surface area contributed by atoms with Gasteiger partial charge in [0.25, 0.3) is 5.19 Å². The van der Waals surface area contributed by atoms with Gasteiger partial charge in [0.1, 0.15) is 0 Å². The van der Waals surface area contributed by atoms with Crippen LogP contribution >= 0.6 is 11.3 Å². The summed E-state index contributed by atoms with van der Waals surface area (Å²) >= 11 is 1.62. The van der Waals surface area contributed by atoms with Crippen molar-refractivity contribution in [3.05, 3.63) is 11.1 Å². The van der Waals surface area contributed by atoms with Gasteiger partial charge in [-0.15, -0.1) is 0 Å². The maximum atomic E-state index is 4.95. The quantitative estimate of drug-likeness (QED) is 0.670. The topological polar surface area (TPSA) is 22.1 Å². The molecule has 1 heterocycles. The van der Waals surface area contributed by atoms with Crippen molar-refractivity contribution in [2.45, 2.75) is 19.8 Å². The normalized spacial score (nSPS) is 9.80. The number of hydrogen-bond donors (Lipinski definition) is 0. The van der Waals surface area contributed by atoms with Gasteiger partial charge in [-0.1, -0.05) is 24.7 Å². The zero-order chi connectivity index (χ0) is 7.40. The minimum atomic E-state index is 0.767. The van der Waals surface area contributed by atoms with E-state index >= 15 is 0 Å². The van der Waals surface area contributed by atoms with Gasteiger partial charge in [-0.25, -0.2) is 4.98 Å². The molecule has 0 aliphatic rings. The van der Waals surface area contributed by atoms with E-state index in [2.05, 4.69) is 11.9 Å². The molecular formula is C7H11NOS. The van der Waals surface area contributed by atoms with Gasteiger partial charge in [0.05, 0.1) is 7.11 Å². The van der Waals surface area contributed by atoms with E-state index in [0.717, 1.165) is 11.6 Å². The summed E-state index contributed by atoms with van der Waals surface area (Å²) in [4.78, 5) is 5.35. The molecule has 0 aliphatic heterocycles. The smallest absolute Gasteiger partial charge is 0.273 e. The van der Waals surface area contributed by atoms with Crippen LogP contribution in [0.4, 0.5) is 0 Å². The third kappa shape index (κ3) is 1.70. The molecule has 0 radical (unpaired) electrons. The number of hydrogen-bond acceptors (Lipinski definition) is 3. The highest BCUT2D eigenvalue weighted by Crippen LogP contribution is 2.20. The molecule has 0 fully saturated rings. The maximum Gasteiger partial charge on any atom is 0.273 e. The highest BCUT2D eigenvalue weighted by molar-refractivity contribution is 7.13. The lowest BCUT2D eigenvalue weighted by Crippen LogP contribution is -1.76. The van der Waals surface area contributed by atoms with Gasteiger partial charge in [0.2, 0.25) is 0 Å². The van der Waals surface area contributed by atoms with E-state index in [-0.39, 0.29) is 0 Å². The van der Waals surface area contributed by atoms with Crippen molar-refractivity contribution in [2.75, 3.05) is 7.11 Å². The SMILES string of the molecule is CCCc1cnc(OC)s1. The molecule has 1 aromatic rings. The van der Waals surface area contributed by atoms with Crippen LogP contribution < -0.4 is 4.74 Å². The van der Waals surface area contributed by atoms with Gasteiger partial charge in [0, 0.05) is 11.1 Å². The van der Waals surface area contributed by atoms with Gasteiger partial charge in [-0.3, -0.25) is 0 Å². The first-order valence-corrected chi connectivity index (χ1v) is 4.17. The first kappa shape index (κ1) is 7.54. The van der Waals surface area contributed by atoms with Crippen LogP contribution in [0, 0.1) is 0 Å². The highest BCUT2D eigenvalue weighted by Gasteiger charge is 1.98. The largest absolute Gasteiger partial charge is 0.473 e. The maximum absolute atomic E-state index is 4.95. The lowest BCUT2D eigenvalue weighted by molar-refractivity contribution is 0.412. The predicted molar refractivity (Wildman–Crippen MR) is 42.7 cm³/mol. The summed E-state index contributed by atoms with van der Waals surface area (Å²) in [7, 11) is 1.65. The monoisotopic (exact) mass is 157 g/mol. The van der Waals surface area contributed by atoms with Crippen LogP contribution in [0.5, 0.6) is 5.19 Å². The number of thiazole rings is 1. The first-order valence-electron chi connectivity index (χ1n) is 3.35. The summed E-state index contributed by atoms with van der Waals surface area (Å²) in [5.74, 6) is 0. The van der Waals surface area contributed by atoms with E-state index in [1.165, 1.54) is 11.3 Å². The third-order valence-corrected chi connectivity index (χ3v) is 2.22. The second-order valence-electron chi connectivity index (χ2n) is 2.05. The Labute approximate surface area is 64.9 Å². The average molecular weight is 157 g/mol. The fraction of sp³-hybridized carbons (Fsp3) is 0.571. The molecule has 0 bridgehead atoms. The molecule has 1 rings (SSSR count). The highest BCUT2D eigenvalue weighted by atomic mass is 32.1. The van der Waals surface area contributed by atoms with Crippen LogP contribution in [-0.4, -0.2) is 12.1 Å².